The molecule has 0 aliphatic carbocycles. The second-order valence-corrected chi connectivity index (χ2v) is 4.49. The van der Waals surface area contributed by atoms with Crippen LogP contribution in [-0.4, -0.2) is 28.6 Å². The Kier molecular flexibility index (Phi) is 3.38. The molecule has 1 aromatic carbocycles. The summed E-state index contributed by atoms with van der Waals surface area (Å²) in [6.45, 7) is 0.616. The molecule has 0 aromatic heterocycles. The van der Waals surface area contributed by atoms with Crippen LogP contribution in [0.25, 0.3) is 0 Å². The Balaban J connectivity index is 2.32. The zero-order valence-electron chi connectivity index (χ0n) is 9.38. The quantitative estimate of drug-likeness (QED) is 0.673. The van der Waals surface area contributed by atoms with Crippen molar-refractivity contribution >= 4 is 28.9 Å². The van der Waals surface area contributed by atoms with Crippen molar-refractivity contribution in [1.29, 1.82) is 0 Å². The molecule has 1 atom stereocenters. The van der Waals surface area contributed by atoms with E-state index < -0.39 is 16.9 Å². The van der Waals surface area contributed by atoms with Gasteiger partial charge in [-0.25, -0.2) is 4.79 Å². The lowest BCUT2D eigenvalue weighted by Gasteiger charge is -2.23. The Labute approximate surface area is 108 Å². The van der Waals surface area contributed by atoms with Crippen LogP contribution in [0.2, 0.25) is 5.02 Å². The van der Waals surface area contributed by atoms with Crippen molar-refractivity contribution in [2.45, 2.75) is 18.9 Å². The molecule has 18 heavy (non-hydrogen) atoms. The van der Waals surface area contributed by atoms with Gasteiger partial charge in [0.25, 0.3) is 5.69 Å². The summed E-state index contributed by atoms with van der Waals surface area (Å²) in [4.78, 5) is 22.8. The summed E-state index contributed by atoms with van der Waals surface area (Å²) in [7, 11) is 0. The third-order valence-corrected chi connectivity index (χ3v) is 3.30. The van der Waals surface area contributed by atoms with Crippen LogP contribution in [0.5, 0.6) is 0 Å². The van der Waals surface area contributed by atoms with E-state index in [2.05, 4.69) is 0 Å². The normalized spacial score (nSPS) is 18.9. The fourth-order valence-electron chi connectivity index (χ4n) is 2.16. The molecule has 0 unspecified atom stereocenters. The highest BCUT2D eigenvalue weighted by Crippen LogP contribution is 2.32. The van der Waals surface area contributed by atoms with E-state index in [9.17, 15) is 14.9 Å². The highest BCUT2D eigenvalue weighted by Gasteiger charge is 2.31. The molecular weight excluding hydrogens is 260 g/mol. The molecule has 1 aliphatic heterocycles. The number of halogens is 1. The molecule has 0 radical (unpaired) electrons. The molecule has 0 amide bonds. The summed E-state index contributed by atoms with van der Waals surface area (Å²) in [5.74, 6) is -0.887. The van der Waals surface area contributed by atoms with E-state index in [1.165, 1.54) is 18.2 Å². The van der Waals surface area contributed by atoms with Crippen LogP contribution in [0, 0.1) is 10.1 Å². The van der Waals surface area contributed by atoms with Crippen molar-refractivity contribution in [2.24, 2.45) is 0 Å². The van der Waals surface area contributed by atoms with Gasteiger partial charge in [0.15, 0.2) is 0 Å². The number of carbonyl (C=O) groups is 1. The first-order valence-electron chi connectivity index (χ1n) is 5.44. The highest BCUT2D eigenvalue weighted by molar-refractivity contribution is 6.32. The van der Waals surface area contributed by atoms with Crippen molar-refractivity contribution in [3.63, 3.8) is 0 Å². The number of aliphatic carboxylic acids is 1. The minimum Gasteiger partial charge on any atom is -0.480 e. The molecule has 0 bridgehead atoms. The Morgan fingerprint density at radius 3 is 2.83 bits per heavy atom. The van der Waals surface area contributed by atoms with Crippen LogP contribution >= 0.6 is 11.6 Å². The maximum atomic E-state index is 11.1. The van der Waals surface area contributed by atoms with Gasteiger partial charge in [-0.2, -0.15) is 0 Å². The predicted octanol–water partition coefficient (Wildman–Crippen LogP) is 2.30. The van der Waals surface area contributed by atoms with E-state index in [0.717, 1.165) is 6.42 Å². The lowest BCUT2D eigenvalue weighted by atomic mass is 10.2. The minimum absolute atomic E-state index is 0.0218. The summed E-state index contributed by atoms with van der Waals surface area (Å²) in [5.41, 5.74) is 0.432. The number of nitrogens with zero attached hydrogens (tertiary/aromatic N) is 2. The summed E-state index contributed by atoms with van der Waals surface area (Å²) in [6.07, 6.45) is 1.36. The Hall–Kier alpha value is -1.82. The molecule has 0 saturated carbocycles. The van der Waals surface area contributed by atoms with Gasteiger partial charge in [0.1, 0.15) is 11.1 Å². The molecule has 0 spiro atoms. The molecule has 96 valence electrons. The van der Waals surface area contributed by atoms with Crippen LogP contribution < -0.4 is 4.90 Å². The third-order valence-electron chi connectivity index (χ3n) is 3.00. The van der Waals surface area contributed by atoms with Crippen molar-refractivity contribution in [3.05, 3.63) is 33.3 Å². The fraction of sp³-hybridized carbons (Fsp3) is 0.364. The first-order chi connectivity index (χ1) is 8.50. The number of carboxylic acids is 1. The van der Waals surface area contributed by atoms with E-state index in [0.29, 0.717) is 18.7 Å². The second kappa shape index (κ2) is 4.81. The van der Waals surface area contributed by atoms with Crippen LogP contribution in [-0.2, 0) is 4.79 Å². The van der Waals surface area contributed by atoms with Gasteiger partial charge in [0.05, 0.1) is 4.92 Å². The number of anilines is 1. The van der Waals surface area contributed by atoms with Crippen LogP contribution in [0.3, 0.4) is 0 Å². The van der Waals surface area contributed by atoms with Crippen molar-refractivity contribution < 1.29 is 14.8 Å². The Morgan fingerprint density at radius 2 is 2.28 bits per heavy atom. The molecule has 2 rings (SSSR count). The summed E-state index contributed by atoms with van der Waals surface area (Å²) in [6, 6.07) is 3.70. The van der Waals surface area contributed by atoms with Gasteiger partial charge in [-0.15, -0.1) is 0 Å². The highest BCUT2D eigenvalue weighted by atomic mass is 35.5. The van der Waals surface area contributed by atoms with E-state index in [4.69, 9.17) is 16.7 Å². The van der Waals surface area contributed by atoms with E-state index >= 15 is 0 Å². The third kappa shape index (κ3) is 2.24. The molecule has 1 aliphatic rings. The zero-order chi connectivity index (χ0) is 13.3. The van der Waals surface area contributed by atoms with Gasteiger partial charge in [0, 0.05) is 18.3 Å². The molecule has 7 heteroatoms. The number of carboxylic acid groups (broad SMARTS) is 1. The standard InChI is InChI=1S/C11H11ClN2O4/c12-8-6-7(3-4-9(8)14(17)18)13-5-1-2-10(13)11(15)16/h3-4,6,10H,1-2,5H2,(H,15,16)/t10-/m0/s1. The molecule has 1 N–H and O–H groups in total. The van der Waals surface area contributed by atoms with Gasteiger partial charge in [-0.3, -0.25) is 10.1 Å². The molecule has 1 saturated heterocycles. The summed E-state index contributed by atoms with van der Waals surface area (Å²) in [5, 5.41) is 19.7. The second-order valence-electron chi connectivity index (χ2n) is 4.08. The first kappa shape index (κ1) is 12.6. The topological polar surface area (TPSA) is 83.7 Å². The Bertz CT molecular complexity index is 506. The number of nitro groups is 1. The number of benzene rings is 1. The number of hydrogen-bond donors (Lipinski definition) is 1. The van der Waals surface area contributed by atoms with Crippen LogP contribution in [0.1, 0.15) is 12.8 Å². The monoisotopic (exact) mass is 270 g/mol. The number of hydrogen-bond acceptors (Lipinski definition) is 4. The maximum absolute atomic E-state index is 11.1. The largest absolute Gasteiger partial charge is 0.480 e. The predicted molar refractivity (Wildman–Crippen MR) is 66.1 cm³/mol. The molecule has 1 aromatic rings. The van der Waals surface area contributed by atoms with E-state index in [1.807, 2.05) is 0 Å². The average Bonchev–Trinajstić information content (AvgIpc) is 2.77. The smallest absolute Gasteiger partial charge is 0.326 e. The van der Waals surface area contributed by atoms with Crippen molar-refractivity contribution in [3.8, 4) is 0 Å². The average molecular weight is 271 g/mol. The van der Waals surface area contributed by atoms with Gasteiger partial charge < -0.3 is 10.0 Å². The summed E-state index contributed by atoms with van der Waals surface area (Å²) < 4.78 is 0. The SMILES string of the molecule is O=C(O)[C@@H]1CCCN1c1ccc([N+](=O)[O-])c(Cl)c1. The van der Waals surface area contributed by atoms with Crippen molar-refractivity contribution in [1.82, 2.24) is 0 Å². The molecule has 1 heterocycles. The lowest BCUT2D eigenvalue weighted by molar-refractivity contribution is -0.384. The van der Waals surface area contributed by atoms with Crippen LogP contribution in [0.4, 0.5) is 11.4 Å². The molecule has 6 nitrogen and oxygen atoms in total. The van der Waals surface area contributed by atoms with E-state index in [-0.39, 0.29) is 10.7 Å². The van der Waals surface area contributed by atoms with Gasteiger partial charge in [0.2, 0.25) is 0 Å². The van der Waals surface area contributed by atoms with Crippen LogP contribution in [0.15, 0.2) is 18.2 Å². The van der Waals surface area contributed by atoms with Gasteiger partial charge in [-0.05, 0) is 25.0 Å². The van der Waals surface area contributed by atoms with Gasteiger partial charge >= 0.3 is 5.97 Å². The number of nitro benzene ring substituents is 1. The zero-order valence-corrected chi connectivity index (χ0v) is 10.1. The molecule has 1 fully saturated rings. The summed E-state index contributed by atoms with van der Waals surface area (Å²) >= 11 is 5.81. The molecular formula is C11H11ClN2O4. The van der Waals surface area contributed by atoms with Crippen molar-refractivity contribution in [2.75, 3.05) is 11.4 Å². The maximum Gasteiger partial charge on any atom is 0.326 e. The first-order valence-corrected chi connectivity index (χ1v) is 5.82. The van der Waals surface area contributed by atoms with Gasteiger partial charge in [-0.1, -0.05) is 11.6 Å². The Morgan fingerprint density at radius 1 is 1.56 bits per heavy atom. The number of rotatable bonds is 3. The van der Waals surface area contributed by atoms with E-state index in [1.54, 1.807) is 4.90 Å². The lowest BCUT2D eigenvalue weighted by Crippen LogP contribution is -2.35. The minimum atomic E-state index is -0.887. The fourth-order valence-corrected chi connectivity index (χ4v) is 2.40.